The highest BCUT2D eigenvalue weighted by molar-refractivity contribution is 6.06. The molecule has 1 N–H and O–H groups in total. The molecule has 1 atom stereocenters. The van der Waals surface area contributed by atoms with E-state index in [2.05, 4.69) is 34.5 Å². The van der Waals surface area contributed by atoms with E-state index in [1.54, 1.807) is 6.20 Å². The van der Waals surface area contributed by atoms with E-state index < -0.39 is 0 Å². The van der Waals surface area contributed by atoms with Crippen molar-refractivity contribution in [2.24, 2.45) is 5.16 Å². The second-order valence-corrected chi connectivity index (χ2v) is 6.78. The Morgan fingerprint density at radius 1 is 1.15 bits per heavy atom. The molecule has 0 saturated carbocycles. The number of aryl methyl sites for hydroxylation is 1. The first-order valence-corrected chi connectivity index (χ1v) is 9.09. The molecule has 0 spiro atoms. The van der Waals surface area contributed by atoms with Crippen molar-refractivity contribution in [3.05, 3.63) is 77.6 Å². The highest BCUT2D eigenvalue weighted by atomic mass is 16.6. The number of pyridine rings is 1. The van der Waals surface area contributed by atoms with E-state index in [-0.39, 0.29) is 12.0 Å². The molecule has 0 fully saturated rings. The smallest absolute Gasteiger partial charge is 0.270 e. The van der Waals surface area contributed by atoms with Gasteiger partial charge in [0.2, 0.25) is 0 Å². The Kier molecular flexibility index (Phi) is 4.83. The first-order valence-electron chi connectivity index (χ1n) is 9.09. The summed E-state index contributed by atoms with van der Waals surface area (Å²) in [6.45, 7) is 2.47. The average molecular weight is 359 g/mol. The van der Waals surface area contributed by atoms with Gasteiger partial charge >= 0.3 is 0 Å². The van der Waals surface area contributed by atoms with Gasteiger partial charge in [0.1, 0.15) is 11.8 Å². The molecule has 2 heterocycles. The largest absolute Gasteiger partial charge is 0.392 e. The number of amides is 1. The molecule has 5 nitrogen and oxygen atoms in total. The number of hydrogen-bond acceptors (Lipinski definition) is 4. The average Bonchev–Trinajstić information content (AvgIpc) is 3.15. The van der Waals surface area contributed by atoms with Crippen molar-refractivity contribution in [1.29, 1.82) is 0 Å². The molecule has 1 unspecified atom stereocenters. The minimum absolute atomic E-state index is 0.0219. The zero-order valence-electron chi connectivity index (χ0n) is 15.2. The Hall–Kier alpha value is -3.21. The predicted octanol–water partition coefficient (Wildman–Crippen LogP) is 3.66. The molecule has 2 aromatic carbocycles. The van der Waals surface area contributed by atoms with Gasteiger partial charge in [-0.05, 0) is 29.5 Å². The third-order valence-electron chi connectivity index (χ3n) is 4.84. The molecule has 27 heavy (non-hydrogen) atoms. The van der Waals surface area contributed by atoms with Crippen molar-refractivity contribution in [2.75, 3.05) is 6.54 Å². The summed E-state index contributed by atoms with van der Waals surface area (Å²) in [5.41, 5.74) is 3.80. The Labute approximate surface area is 158 Å². The molecule has 3 aromatic rings. The van der Waals surface area contributed by atoms with Gasteiger partial charge < -0.3 is 10.2 Å². The van der Waals surface area contributed by atoms with Gasteiger partial charge in [-0.1, -0.05) is 53.7 Å². The van der Waals surface area contributed by atoms with Crippen molar-refractivity contribution in [2.45, 2.75) is 25.9 Å². The van der Waals surface area contributed by atoms with E-state index in [9.17, 15) is 4.79 Å². The maximum Gasteiger partial charge on any atom is 0.270 e. The summed E-state index contributed by atoms with van der Waals surface area (Å²) in [6, 6.07) is 17.9. The third-order valence-corrected chi connectivity index (χ3v) is 4.84. The first-order chi connectivity index (χ1) is 13.2. The molecule has 1 amide bonds. The number of hydrogen-bond donors (Lipinski definition) is 1. The molecule has 136 valence electrons. The van der Waals surface area contributed by atoms with Gasteiger partial charge in [-0.25, -0.2) is 0 Å². The number of fused-ring (bicyclic) bond motifs is 1. The second-order valence-electron chi connectivity index (χ2n) is 6.78. The van der Waals surface area contributed by atoms with Gasteiger partial charge in [-0.3, -0.25) is 9.78 Å². The lowest BCUT2D eigenvalue weighted by molar-refractivity contribution is 0.0858. The van der Waals surface area contributed by atoms with Crippen LogP contribution in [0.25, 0.3) is 10.8 Å². The quantitative estimate of drug-likeness (QED) is 0.756. The monoisotopic (exact) mass is 359 g/mol. The van der Waals surface area contributed by atoms with Gasteiger partial charge in [-0.2, -0.15) is 0 Å². The Balaban J connectivity index is 1.35. The summed E-state index contributed by atoms with van der Waals surface area (Å²) in [5.74, 6) is -0.197. The van der Waals surface area contributed by atoms with Crippen LogP contribution < -0.4 is 5.32 Å². The van der Waals surface area contributed by atoms with Crippen LogP contribution in [0.3, 0.4) is 0 Å². The maximum atomic E-state index is 12.6. The highest BCUT2D eigenvalue weighted by Crippen LogP contribution is 2.19. The van der Waals surface area contributed by atoms with Gasteiger partial charge in [0.25, 0.3) is 5.91 Å². The van der Waals surface area contributed by atoms with Crippen molar-refractivity contribution in [3.63, 3.8) is 0 Å². The van der Waals surface area contributed by atoms with E-state index in [4.69, 9.17) is 4.84 Å². The van der Waals surface area contributed by atoms with Gasteiger partial charge in [0, 0.05) is 24.4 Å². The zero-order valence-corrected chi connectivity index (χ0v) is 15.2. The van der Waals surface area contributed by atoms with E-state index >= 15 is 0 Å². The predicted molar refractivity (Wildman–Crippen MR) is 106 cm³/mol. The molecule has 0 saturated heterocycles. The number of benzene rings is 2. The summed E-state index contributed by atoms with van der Waals surface area (Å²) < 4.78 is 0. The number of nitrogens with one attached hydrogen (secondary N) is 1. The Morgan fingerprint density at radius 2 is 1.96 bits per heavy atom. The van der Waals surface area contributed by atoms with E-state index in [0.29, 0.717) is 12.2 Å². The Bertz CT molecular complexity index is 1010. The van der Waals surface area contributed by atoms with Crippen molar-refractivity contribution in [1.82, 2.24) is 10.3 Å². The fraction of sp³-hybridized carbons (Fsp3) is 0.227. The molecule has 0 aliphatic carbocycles. The third kappa shape index (κ3) is 3.82. The molecule has 5 heteroatoms. The summed E-state index contributed by atoms with van der Waals surface area (Å²) in [7, 11) is 0. The Morgan fingerprint density at radius 3 is 2.85 bits per heavy atom. The minimum atomic E-state index is -0.197. The van der Waals surface area contributed by atoms with Crippen molar-refractivity contribution >= 4 is 22.4 Å². The van der Waals surface area contributed by atoms with Crippen LogP contribution in [0.4, 0.5) is 0 Å². The van der Waals surface area contributed by atoms with E-state index in [0.717, 1.165) is 29.3 Å². The number of aromatic nitrogens is 1. The van der Waals surface area contributed by atoms with E-state index in [1.165, 1.54) is 11.1 Å². The molecular weight excluding hydrogens is 338 g/mol. The molecule has 4 rings (SSSR count). The van der Waals surface area contributed by atoms with Crippen LogP contribution in [-0.2, 0) is 11.3 Å². The zero-order chi connectivity index (χ0) is 18.6. The van der Waals surface area contributed by atoms with Gasteiger partial charge in [0.15, 0.2) is 0 Å². The van der Waals surface area contributed by atoms with Crippen LogP contribution in [0.5, 0.6) is 0 Å². The standard InChI is InChI=1S/C22H21N3O2/c1-15-6-2-3-8-17(15)12-19-13-18(25-27-19)14-24-22(26)21-20-9-5-4-7-16(20)10-11-23-21/h2-11,19H,12-14H2,1H3,(H,24,26). The molecule has 0 radical (unpaired) electrons. The number of nitrogens with zero attached hydrogens (tertiary/aromatic N) is 2. The number of carbonyl (C=O) groups excluding carboxylic acids is 1. The fourth-order valence-corrected chi connectivity index (χ4v) is 3.35. The minimum Gasteiger partial charge on any atom is -0.392 e. The van der Waals surface area contributed by atoms with E-state index in [1.807, 2.05) is 42.5 Å². The summed E-state index contributed by atoms with van der Waals surface area (Å²) in [6.07, 6.45) is 3.22. The lowest BCUT2D eigenvalue weighted by atomic mass is 10.00. The summed E-state index contributed by atoms with van der Waals surface area (Å²) in [4.78, 5) is 22.4. The molecular formula is C22H21N3O2. The number of rotatable bonds is 5. The molecule has 1 aliphatic heterocycles. The number of oxime groups is 1. The summed E-state index contributed by atoms with van der Waals surface area (Å²) >= 11 is 0. The molecule has 1 aromatic heterocycles. The SMILES string of the molecule is Cc1ccccc1CC1CC(CNC(=O)c2nccc3ccccc23)=NO1. The lowest BCUT2D eigenvalue weighted by Crippen LogP contribution is -2.30. The van der Waals surface area contributed by atoms with Crippen LogP contribution in [0.15, 0.2) is 65.9 Å². The summed E-state index contributed by atoms with van der Waals surface area (Å²) in [5, 5.41) is 8.91. The van der Waals surface area contributed by atoms with Crippen LogP contribution >= 0.6 is 0 Å². The van der Waals surface area contributed by atoms with Crippen molar-refractivity contribution < 1.29 is 9.63 Å². The van der Waals surface area contributed by atoms with Crippen LogP contribution in [-0.4, -0.2) is 29.3 Å². The van der Waals surface area contributed by atoms with Gasteiger partial charge in [0.05, 0.1) is 12.3 Å². The second kappa shape index (κ2) is 7.58. The normalized spacial score (nSPS) is 16.0. The highest BCUT2D eigenvalue weighted by Gasteiger charge is 2.22. The van der Waals surface area contributed by atoms with Gasteiger partial charge in [-0.15, -0.1) is 0 Å². The lowest BCUT2D eigenvalue weighted by Gasteiger charge is -2.10. The fourth-order valence-electron chi connectivity index (χ4n) is 3.35. The first kappa shape index (κ1) is 17.2. The van der Waals surface area contributed by atoms with Crippen molar-refractivity contribution in [3.8, 4) is 0 Å². The van der Waals surface area contributed by atoms with Crippen LogP contribution in [0.2, 0.25) is 0 Å². The van der Waals surface area contributed by atoms with Crippen LogP contribution in [0.1, 0.15) is 28.0 Å². The van der Waals surface area contributed by atoms with Crippen LogP contribution in [0, 0.1) is 6.92 Å². The molecule has 0 bridgehead atoms. The topological polar surface area (TPSA) is 63.6 Å². The molecule has 1 aliphatic rings. The maximum absolute atomic E-state index is 12.6. The number of carbonyl (C=O) groups is 1.